The third-order valence-electron chi connectivity index (χ3n) is 2.13. The maximum atomic E-state index is 5.98. The molecule has 0 radical (unpaired) electrons. The van der Waals surface area contributed by atoms with Gasteiger partial charge in [0.1, 0.15) is 11.5 Å². The molecule has 2 rings (SSSR count). The van der Waals surface area contributed by atoms with Crippen LogP contribution in [-0.2, 0) is 6.54 Å². The highest BCUT2D eigenvalue weighted by Crippen LogP contribution is 2.31. The van der Waals surface area contributed by atoms with Crippen LogP contribution >= 0.6 is 23.2 Å². The number of hydrogen-bond donors (Lipinski definition) is 1. The molecule has 0 aliphatic rings. The van der Waals surface area contributed by atoms with Crippen molar-refractivity contribution in [2.24, 2.45) is 5.73 Å². The Morgan fingerprint density at radius 1 is 1.18 bits per heavy atom. The van der Waals surface area contributed by atoms with Crippen molar-refractivity contribution in [3.63, 3.8) is 0 Å². The van der Waals surface area contributed by atoms with Crippen LogP contribution in [0.2, 0.25) is 10.0 Å². The summed E-state index contributed by atoms with van der Waals surface area (Å²) in [5.41, 5.74) is 6.26. The number of ether oxygens (including phenoxy) is 1. The number of halogens is 2. The van der Waals surface area contributed by atoms with Crippen molar-refractivity contribution in [1.82, 2.24) is 4.98 Å². The minimum Gasteiger partial charge on any atom is -0.454 e. The largest absolute Gasteiger partial charge is 0.454 e. The molecule has 0 spiro atoms. The van der Waals surface area contributed by atoms with Crippen LogP contribution in [0.3, 0.4) is 0 Å². The minimum atomic E-state index is 0.401. The van der Waals surface area contributed by atoms with Gasteiger partial charge in [-0.3, -0.25) is 4.98 Å². The van der Waals surface area contributed by atoms with Crippen molar-refractivity contribution in [2.75, 3.05) is 0 Å². The molecule has 17 heavy (non-hydrogen) atoms. The summed E-state index contributed by atoms with van der Waals surface area (Å²) >= 11 is 11.8. The monoisotopic (exact) mass is 268 g/mol. The zero-order valence-electron chi connectivity index (χ0n) is 8.86. The molecule has 0 aliphatic heterocycles. The van der Waals surface area contributed by atoms with Gasteiger partial charge in [-0.05, 0) is 24.3 Å². The minimum absolute atomic E-state index is 0.401. The van der Waals surface area contributed by atoms with Crippen LogP contribution in [0, 0.1) is 0 Å². The van der Waals surface area contributed by atoms with E-state index in [0.717, 1.165) is 5.69 Å². The Morgan fingerprint density at radius 2 is 2.00 bits per heavy atom. The van der Waals surface area contributed by atoms with E-state index in [1.54, 1.807) is 36.5 Å². The Kier molecular flexibility index (Phi) is 3.84. The number of pyridine rings is 1. The Morgan fingerprint density at radius 3 is 2.65 bits per heavy atom. The van der Waals surface area contributed by atoms with Gasteiger partial charge in [0.05, 0.1) is 16.9 Å². The highest BCUT2D eigenvalue weighted by atomic mass is 35.5. The molecule has 1 aromatic heterocycles. The van der Waals surface area contributed by atoms with E-state index in [2.05, 4.69) is 4.98 Å². The maximum absolute atomic E-state index is 5.98. The average Bonchev–Trinajstić information content (AvgIpc) is 2.35. The van der Waals surface area contributed by atoms with Gasteiger partial charge >= 0.3 is 0 Å². The first-order valence-corrected chi connectivity index (χ1v) is 5.72. The summed E-state index contributed by atoms with van der Waals surface area (Å²) in [5.74, 6) is 1.09. The predicted octanol–water partition coefficient (Wildman–Crippen LogP) is 3.64. The number of nitrogens with two attached hydrogens (primary N) is 1. The van der Waals surface area contributed by atoms with Gasteiger partial charge in [0.25, 0.3) is 0 Å². The van der Waals surface area contributed by atoms with E-state index in [4.69, 9.17) is 33.7 Å². The molecule has 0 aliphatic carbocycles. The molecule has 1 heterocycles. The lowest BCUT2D eigenvalue weighted by Crippen LogP contribution is -1.98. The molecule has 0 unspecified atom stereocenters. The van der Waals surface area contributed by atoms with Crippen molar-refractivity contribution < 1.29 is 4.74 Å². The zero-order valence-corrected chi connectivity index (χ0v) is 10.4. The van der Waals surface area contributed by atoms with E-state index in [0.29, 0.717) is 28.1 Å². The summed E-state index contributed by atoms with van der Waals surface area (Å²) in [6.07, 6.45) is 1.60. The third-order valence-corrected chi connectivity index (χ3v) is 2.68. The molecule has 0 saturated carbocycles. The molecule has 3 nitrogen and oxygen atoms in total. The first-order chi connectivity index (χ1) is 8.19. The zero-order chi connectivity index (χ0) is 12.3. The van der Waals surface area contributed by atoms with Crippen molar-refractivity contribution in [2.45, 2.75) is 6.54 Å². The van der Waals surface area contributed by atoms with Crippen molar-refractivity contribution in [3.8, 4) is 11.5 Å². The van der Waals surface area contributed by atoms with Crippen LogP contribution in [0.5, 0.6) is 11.5 Å². The van der Waals surface area contributed by atoms with Gasteiger partial charge < -0.3 is 10.5 Å². The Bertz CT molecular complexity index is 514. The quantitative estimate of drug-likeness (QED) is 0.925. The van der Waals surface area contributed by atoms with Gasteiger partial charge in [0.15, 0.2) is 0 Å². The fourth-order valence-electron chi connectivity index (χ4n) is 1.27. The van der Waals surface area contributed by atoms with Crippen molar-refractivity contribution in [3.05, 3.63) is 52.3 Å². The molecular weight excluding hydrogens is 259 g/mol. The number of nitrogens with zero attached hydrogens (tertiary/aromatic N) is 1. The highest BCUT2D eigenvalue weighted by molar-refractivity contribution is 6.34. The SMILES string of the molecule is NCc1ccc(Oc2cc(Cl)ccc2Cl)cn1. The average molecular weight is 269 g/mol. The van der Waals surface area contributed by atoms with E-state index in [9.17, 15) is 0 Å². The highest BCUT2D eigenvalue weighted by Gasteiger charge is 2.04. The normalized spacial score (nSPS) is 10.3. The summed E-state index contributed by atoms with van der Waals surface area (Å²) in [6, 6.07) is 8.62. The summed E-state index contributed by atoms with van der Waals surface area (Å²) in [6.45, 7) is 0.401. The summed E-state index contributed by atoms with van der Waals surface area (Å²) in [7, 11) is 0. The molecule has 0 atom stereocenters. The molecular formula is C12H10Cl2N2O. The standard InChI is InChI=1S/C12H10Cl2N2O/c13-8-1-4-11(14)12(5-8)17-10-3-2-9(6-15)16-7-10/h1-5,7H,6,15H2. The van der Waals surface area contributed by atoms with Gasteiger partial charge in [-0.25, -0.2) is 0 Å². The van der Waals surface area contributed by atoms with Gasteiger partial charge in [0.2, 0.25) is 0 Å². The van der Waals surface area contributed by atoms with E-state index in [1.165, 1.54) is 0 Å². The van der Waals surface area contributed by atoms with Crippen molar-refractivity contribution in [1.29, 1.82) is 0 Å². The number of hydrogen-bond acceptors (Lipinski definition) is 3. The number of benzene rings is 1. The molecule has 0 saturated heterocycles. The van der Waals surface area contributed by atoms with Crippen LogP contribution in [0.25, 0.3) is 0 Å². The summed E-state index contributed by atoms with van der Waals surface area (Å²) in [5, 5.41) is 1.06. The lowest BCUT2D eigenvalue weighted by atomic mass is 10.3. The molecule has 2 N–H and O–H groups in total. The van der Waals surface area contributed by atoms with Crippen LogP contribution in [-0.4, -0.2) is 4.98 Å². The molecule has 0 amide bonds. The molecule has 0 fully saturated rings. The topological polar surface area (TPSA) is 48.1 Å². The molecule has 1 aromatic carbocycles. The molecule has 0 bridgehead atoms. The van der Waals surface area contributed by atoms with Crippen LogP contribution in [0.1, 0.15) is 5.69 Å². The van der Waals surface area contributed by atoms with Gasteiger partial charge in [0, 0.05) is 17.6 Å². The van der Waals surface area contributed by atoms with E-state index < -0.39 is 0 Å². The lowest BCUT2D eigenvalue weighted by molar-refractivity contribution is 0.480. The predicted molar refractivity (Wildman–Crippen MR) is 68.7 cm³/mol. The second kappa shape index (κ2) is 5.36. The second-order valence-corrected chi connectivity index (χ2v) is 4.21. The lowest BCUT2D eigenvalue weighted by Gasteiger charge is -2.07. The molecule has 88 valence electrons. The first-order valence-electron chi connectivity index (χ1n) is 4.97. The molecule has 5 heteroatoms. The van der Waals surface area contributed by atoms with Crippen LogP contribution < -0.4 is 10.5 Å². The number of aromatic nitrogens is 1. The summed E-state index contributed by atoms with van der Waals surface area (Å²) < 4.78 is 5.57. The van der Waals surface area contributed by atoms with Gasteiger partial charge in [-0.15, -0.1) is 0 Å². The Balaban J connectivity index is 2.22. The van der Waals surface area contributed by atoms with E-state index in [-0.39, 0.29) is 0 Å². The van der Waals surface area contributed by atoms with Crippen LogP contribution in [0.4, 0.5) is 0 Å². The fraction of sp³-hybridized carbons (Fsp3) is 0.0833. The molecule has 2 aromatic rings. The Hall–Kier alpha value is -1.29. The first kappa shape index (κ1) is 12.2. The van der Waals surface area contributed by atoms with Gasteiger partial charge in [-0.2, -0.15) is 0 Å². The number of rotatable bonds is 3. The van der Waals surface area contributed by atoms with Gasteiger partial charge in [-0.1, -0.05) is 23.2 Å². The smallest absolute Gasteiger partial charge is 0.147 e. The second-order valence-electron chi connectivity index (χ2n) is 3.37. The third kappa shape index (κ3) is 3.09. The summed E-state index contributed by atoms with van der Waals surface area (Å²) in [4.78, 5) is 4.12. The van der Waals surface area contributed by atoms with Crippen LogP contribution in [0.15, 0.2) is 36.5 Å². The van der Waals surface area contributed by atoms with E-state index in [1.807, 2.05) is 0 Å². The van der Waals surface area contributed by atoms with Crippen molar-refractivity contribution >= 4 is 23.2 Å². The van der Waals surface area contributed by atoms with E-state index >= 15 is 0 Å². The fourth-order valence-corrected chi connectivity index (χ4v) is 1.59. The Labute approximate surface area is 109 Å². The maximum Gasteiger partial charge on any atom is 0.147 e.